The molecule has 0 fully saturated rings. The van der Waals surface area contributed by atoms with E-state index >= 15 is 0 Å². The van der Waals surface area contributed by atoms with Crippen LogP contribution in [0.1, 0.15) is 18.1 Å². The van der Waals surface area contributed by atoms with E-state index in [-0.39, 0.29) is 5.22 Å². The highest BCUT2D eigenvalue weighted by Gasteiger charge is 2.29. The first-order valence-corrected chi connectivity index (χ1v) is 7.96. The summed E-state index contributed by atoms with van der Waals surface area (Å²) >= 11 is 0.905. The van der Waals surface area contributed by atoms with E-state index in [1.165, 1.54) is 6.92 Å². The highest BCUT2D eigenvalue weighted by Crippen LogP contribution is 2.27. The van der Waals surface area contributed by atoms with Gasteiger partial charge in [-0.25, -0.2) is 0 Å². The van der Waals surface area contributed by atoms with E-state index in [0.717, 1.165) is 28.5 Å². The van der Waals surface area contributed by atoms with Gasteiger partial charge in [-0.15, -0.1) is 10.2 Å². The second-order valence-electron chi connectivity index (χ2n) is 5.27. The number of hydrogen-bond acceptors (Lipinski definition) is 5. The fourth-order valence-electron chi connectivity index (χ4n) is 1.78. The molecule has 1 heterocycles. The summed E-state index contributed by atoms with van der Waals surface area (Å²) in [5.41, 5.74) is 2.94. The van der Waals surface area contributed by atoms with Crippen molar-refractivity contribution >= 4 is 17.7 Å². The Morgan fingerprint density at radius 3 is 2.62 bits per heavy atom. The van der Waals surface area contributed by atoms with Crippen LogP contribution < -0.4 is 5.32 Å². The van der Waals surface area contributed by atoms with Crippen LogP contribution in [0.4, 0.5) is 13.2 Å². The zero-order valence-corrected chi connectivity index (χ0v) is 14.1. The number of nitrogens with one attached hydrogen (secondary N) is 1. The van der Waals surface area contributed by atoms with Gasteiger partial charge in [-0.2, -0.15) is 13.2 Å². The summed E-state index contributed by atoms with van der Waals surface area (Å²) in [6, 6.07) is 5.66. The number of amides is 1. The molecule has 1 aromatic carbocycles. The third-order valence-electron chi connectivity index (χ3n) is 3.27. The summed E-state index contributed by atoms with van der Waals surface area (Å²) in [5.74, 6) is -0.452. The van der Waals surface area contributed by atoms with Crippen LogP contribution in [0.25, 0.3) is 11.5 Å². The Hall–Kier alpha value is -2.03. The van der Waals surface area contributed by atoms with Crippen LogP contribution >= 0.6 is 11.8 Å². The standard InChI is InChI=1S/C15H16F3N3O2S/c1-8-4-5-11(6-9(8)2)13-20-21-14(23-13)24-10(3)12(22)19-7-15(16,17)18/h4-6,10H,7H2,1-3H3,(H,19,22)/t10-/m0/s1. The molecule has 0 spiro atoms. The zero-order valence-electron chi connectivity index (χ0n) is 13.3. The molecular weight excluding hydrogens is 343 g/mol. The van der Waals surface area contributed by atoms with Gasteiger partial charge < -0.3 is 9.73 Å². The third-order valence-corrected chi connectivity index (χ3v) is 4.20. The number of alkyl halides is 3. The highest BCUT2D eigenvalue weighted by molar-refractivity contribution is 8.00. The Kier molecular flexibility index (Phi) is 5.53. The summed E-state index contributed by atoms with van der Waals surface area (Å²) in [6.07, 6.45) is -4.44. The number of carbonyl (C=O) groups is 1. The van der Waals surface area contributed by atoms with Gasteiger partial charge >= 0.3 is 6.18 Å². The molecule has 0 aliphatic carbocycles. The monoisotopic (exact) mass is 359 g/mol. The molecule has 2 rings (SSSR count). The van der Waals surface area contributed by atoms with Crippen molar-refractivity contribution in [2.24, 2.45) is 0 Å². The molecule has 0 aliphatic heterocycles. The molecule has 0 saturated heterocycles. The Labute approximate surface area is 141 Å². The number of hydrogen-bond donors (Lipinski definition) is 1. The van der Waals surface area contributed by atoms with E-state index < -0.39 is 23.9 Å². The van der Waals surface area contributed by atoms with Crippen LogP contribution in [-0.2, 0) is 4.79 Å². The van der Waals surface area contributed by atoms with Crippen LogP contribution in [0.3, 0.4) is 0 Å². The van der Waals surface area contributed by atoms with Gasteiger partial charge in [0.15, 0.2) is 0 Å². The normalized spacial score (nSPS) is 12.9. The lowest BCUT2D eigenvalue weighted by atomic mass is 10.1. The van der Waals surface area contributed by atoms with E-state index in [9.17, 15) is 18.0 Å². The molecule has 0 bridgehead atoms. The quantitative estimate of drug-likeness (QED) is 0.828. The zero-order chi connectivity index (χ0) is 17.9. The van der Waals surface area contributed by atoms with E-state index in [4.69, 9.17) is 4.42 Å². The lowest BCUT2D eigenvalue weighted by Gasteiger charge is -2.11. The maximum Gasteiger partial charge on any atom is 0.405 e. The molecule has 5 nitrogen and oxygen atoms in total. The Bertz CT molecular complexity index is 731. The van der Waals surface area contributed by atoms with Crippen molar-refractivity contribution in [1.29, 1.82) is 0 Å². The van der Waals surface area contributed by atoms with E-state index in [1.807, 2.05) is 37.4 Å². The van der Waals surface area contributed by atoms with Crippen LogP contribution in [0.15, 0.2) is 27.8 Å². The fraction of sp³-hybridized carbons (Fsp3) is 0.400. The first-order valence-electron chi connectivity index (χ1n) is 7.08. The van der Waals surface area contributed by atoms with Crippen molar-refractivity contribution in [2.45, 2.75) is 37.4 Å². The van der Waals surface area contributed by atoms with Gasteiger partial charge in [-0.3, -0.25) is 4.79 Å². The summed E-state index contributed by atoms with van der Waals surface area (Å²) in [6.45, 7) is 4.04. The molecule has 1 amide bonds. The van der Waals surface area contributed by atoms with Gasteiger partial charge in [0.05, 0.1) is 5.25 Å². The van der Waals surface area contributed by atoms with Gasteiger partial charge in [0.2, 0.25) is 11.8 Å². The first kappa shape index (κ1) is 18.3. The molecule has 2 aromatic rings. The van der Waals surface area contributed by atoms with Crippen molar-refractivity contribution in [1.82, 2.24) is 15.5 Å². The van der Waals surface area contributed by atoms with Gasteiger partial charge in [0, 0.05) is 5.56 Å². The average molecular weight is 359 g/mol. The molecule has 0 saturated carbocycles. The topological polar surface area (TPSA) is 68.0 Å². The molecule has 1 aromatic heterocycles. The Morgan fingerprint density at radius 2 is 2.00 bits per heavy atom. The van der Waals surface area contributed by atoms with Gasteiger partial charge in [-0.05, 0) is 44.0 Å². The van der Waals surface area contributed by atoms with Gasteiger partial charge in [0.25, 0.3) is 5.22 Å². The Balaban J connectivity index is 2.00. The maximum atomic E-state index is 12.1. The number of thioether (sulfide) groups is 1. The molecule has 130 valence electrons. The van der Waals surface area contributed by atoms with Gasteiger partial charge in [-0.1, -0.05) is 17.8 Å². The number of carbonyl (C=O) groups excluding carboxylic acids is 1. The van der Waals surface area contributed by atoms with Crippen molar-refractivity contribution in [3.63, 3.8) is 0 Å². The predicted octanol–water partition coefficient (Wildman–Crippen LogP) is 3.51. The van der Waals surface area contributed by atoms with Crippen LogP contribution in [0.2, 0.25) is 0 Å². The highest BCUT2D eigenvalue weighted by atomic mass is 32.2. The second-order valence-corrected chi connectivity index (χ2v) is 6.56. The number of aromatic nitrogens is 2. The van der Waals surface area contributed by atoms with E-state index in [2.05, 4.69) is 10.2 Å². The predicted molar refractivity (Wildman–Crippen MR) is 83.6 cm³/mol. The largest absolute Gasteiger partial charge is 0.411 e. The molecule has 1 N–H and O–H groups in total. The summed E-state index contributed by atoms with van der Waals surface area (Å²) < 4.78 is 41.8. The summed E-state index contributed by atoms with van der Waals surface area (Å²) in [4.78, 5) is 11.6. The minimum absolute atomic E-state index is 0.123. The molecule has 0 unspecified atom stereocenters. The number of halogens is 3. The number of benzene rings is 1. The molecule has 0 aliphatic rings. The molecule has 1 atom stereocenters. The lowest BCUT2D eigenvalue weighted by molar-refractivity contribution is -0.137. The average Bonchev–Trinajstić information content (AvgIpc) is 2.95. The second kappa shape index (κ2) is 7.25. The fourth-order valence-corrected chi connectivity index (χ4v) is 2.49. The van der Waals surface area contributed by atoms with Crippen molar-refractivity contribution in [3.05, 3.63) is 29.3 Å². The van der Waals surface area contributed by atoms with Crippen LogP contribution in [0, 0.1) is 13.8 Å². The lowest BCUT2D eigenvalue weighted by Crippen LogP contribution is -2.37. The number of nitrogens with zero attached hydrogens (tertiary/aromatic N) is 2. The molecule has 9 heteroatoms. The first-order chi connectivity index (χ1) is 11.2. The Morgan fingerprint density at radius 1 is 1.29 bits per heavy atom. The summed E-state index contributed by atoms with van der Waals surface area (Å²) in [5, 5.41) is 8.88. The van der Waals surface area contributed by atoms with Crippen molar-refractivity contribution in [2.75, 3.05) is 6.54 Å². The maximum absolute atomic E-state index is 12.1. The van der Waals surface area contributed by atoms with Crippen LogP contribution in [0.5, 0.6) is 0 Å². The molecule has 24 heavy (non-hydrogen) atoms. The SMILES string of the molecule is Cc1ccc(-c2nnc(S[C@@H](C)C(=O)NCC(F)(F)F)o2)cc1C. The molecular formula is C15H16F3N3O2S. The number of aryl methyl sites for hydroxylation is 2. The van der Waals surface area contributed by atoms with E-state index in [1.54, 1.807) is 0 Å². The van der Waals surface area contributed by atoms with E-state index in [0.29, 0.717) is 5.89 Å². The minimum atomic E-state index is -4.44. The smallest absolute Gasteiger partial charge is 0.405 e. The number of rotatable bonds is 5. The third kappa shape index (κ3) is 4.98. The van der Waals surface area contributed by atoms with Crippen molar-refractivity contribution in [3.8, 4) is 11.5 Å². The molecule has 0 radical (unpaired) electrons. The summed E-state index contributed by atoms with van der Waals surface area (Å²) in [7, 11) is 0. The van der Waals surface area contributed by atoms with Crippen molar-refractivity contribution < 1.29 is 22.4 Å². The van der Waals surface area contributed by atoms with Gasteiger partial charge in [0.1, 0.15) is 6.54 Å². The minimum Gasteiger partial charge on any atom is -0.411 e. The van der Waals surface area contributed by atoms with Crippen LogP contribution in [-0.4, -0.2) is 34.1 Å².